The first-order valence-corrected chi connectivity index (χ1v) is 8.71. The van der Waals surface area contributed by atoms with E-state index in [1.165, 1.54) is 12.1 Å². The maximum atomic E-state index is 13.2. The van der Waals surface area contributed by atoms with Gasteiger partial charge in [0.15, 0.2) is 0 Å². The van der Waals surface area contributed by atoms with E-state index in [-0.39, 0.29) is 17.8 Å². The van der Waals surface area contributed by atoms with Crippen LogP contribution < -0.4 is 4.74 Å². The number of piperazine rings is 1. The van der Waals surface area contributed by atoms with E-state index >= 15 is 0 Å². The number of amides is 1. The molecule has 0 unspecified atom stereocenters. The monoisotopic (exact) mass is 335 g/mol. The SMILES string of the molecule is CN1CCN(C(=O)CCN2CC[C@@H](Oc3cccc(F)c3)C2)CC1. The second kappa shape index (κ2) is 7.94. The average Bonchev–Trinajstić information content (AvgIpc) is 3.01. The van der Waals surface area contributed by atoms with Crippen molar-refractivity contribution in [2.75, 3.05) is 52.9 Å². The molecule has 2 fully saturated rings. The largest absolute Gasteiger partial charge is 0.489 e. The Balaban J connectivity index is 1.39. The first-order chi connectivity index (χ1) is 11.6. The molecular weight excluding hydrogens is 309 g/mol. The number of benzene rings is 1. The van der Waals surface area contributed by atoms with Crippen molar-refractivity contribution in [1.82, 2.24) is 14.7 Å². The van der Waals surface area contributed by atoms with Gasteiger partial charge in [-0.1, -0.05) is 6.07 Å². The summed E-state index contributed by atoms with van der Waals surface area (Å²) in [4.78, 5) is 18.8. The summed E-state index contributed by atoms with van der Waals surface area (Å²) in [5.41, 5.74) is 0. The third kappa shape index (κ3) is 4.68. The first-order valence-electron chi connectivity index (χ1n) is 8.71. The van der Waals surface area contributed by atoms with Crippen LogP contribution in [0.3, 0.4) is 0 Å². The Morgan fingerprint density at radius 2 is 2.04 bits per heavy atom. The fourth-order valence-electron chi connectivity index (χ4n) is 3.30. The van der Waals surface area contributed by atoms with E-state index in [0.717, 1.165) is 52.2 Å². The number of likely N-dealkylation sites (tertiary alicyclic amines) is 1. The molecular formula is C18H26FN3O2. The highest BCUT2D eigenvalue weighted by atomic mass is 19.1. The van der Waals surface area contributed by atoms with E-state index < -0.39 is 0 Å². The van der Waals surface area contributed by atoms with Gasteiger partial charge in [-0.25, -0.2) is 4.39 Å². The molecule has 3 rings (SSSR count). The predicted molar refractivity (Wildman–Crippen MR) is 90.6 cm³/mol. The summed E-state index contributed by atoms with van der Waals surface area (Å²) in [5, 5.41) is 0. The summed E-state index contributed by atoms with van der Waals surface area (Å²) in [5.74, 6) is 0.549. The van der Waals surface area contributed by atoms with Crippen molar-refractivity contribution in [3.8, 4) is 5.75 Å². The van der Waals surface area contributed by atoms with E-state index in [1.807, 2.05) is 4.90 Å². The molecule has 5 nitrogen and oxygen atoms in total. The van der Waals surface area contributed by atoms with Crippen LogP contribution in [0.2, 0.25) is 0 Å². The second-order valence-electron chi connectivity index (χ2n) is 6.72. The Kier molecular flexibility index (Phi) is 5.68. The zero-order valence-corrected chi connectivity index (χ0v) is 14.3. The number of halogens is 1. The van der Waals surface area contributed by atoms with Gasteiger partial charge in [0.25, 0.3) is 0 Å². The van der Waals surface area contributed by atoms with Crippen LogP contribution in [0.5, 0.6) is 5.75 Å². The Morgan fingerprint density at radius 3 is 2.79 bits per heavy atom. The second-order valence-corrected chi connectivity index (χ2v) is 6.72. The molecule has 0 bridgehead atoms. The maximum Gasteiger partial charge on any atom is 0.223 e. The van der Waals surface area contributed by atoms with Gasteiger partial charge in [-0.3, -0.25) is 9.69 Å². The van der Waals surface area contributed by atoms with E-state index in [1.54, 1.807) is 12.1 Å². The number of carbonyl (C=O) groups excluding carboxylic acids is 1. The van der Waals surface area contributed by atoms with Gasteiger partial charge in [-0.05, 0) is 25.6 Å². The zero-order valence-electron chi connectivity index (χ0n) is 14.3. The third-order valence-corrected chi connectivity index (χ3v) is 4.83. The van der Waals surface area contributed by atoms with Crippen LogP contribution in [-0.4, -0.2) is 79.6 Å². The Bertz CT molecular complexity index is 561. The molecule has 0 radical (unpaired) electrons. The molecule has 1 aromatic rings. The molecule has 0 aliphatic carbocycles. The van der Waals surface area contributed by atoms with Gasteiger partial charge in [-0.2, -0.15) is 0 Å². The molecule has 2 saturated heterocycles. The minimum atomic E-state index is -0.278. The lowest BCUT2D eigenvalue weighted by atomic mass is 10.3. The number of hydrogen-bond acceptors (Lipinski definition) is 4. The topological polar surface area (TPSA) is 36.0 Å². The third-order valence-electron chi connectivity index (χ3n) is 4.83. The van der Waals surface area contributed by atoms with Crippen LogP contribution in [0.4, 0.5) is 4.39 Å². The molecule has 1 aromatic carbocycles. The number of ether oxygens (including phenoxy) is 1. The van der Waals surface area contributed by atoms with Crippen molar-refractivity contribution in [2.24, 2.45) is 0 Å². The van der Waals surface area contributed by atoms with Gasteiger partial charge in [0.05, 0.1) is 0 Å². The Labute approximate surface area is 143 Å². The summed E-state index contributed by atoms with van der Waals surface area (Å²) < 4.78 is 19.0. The summed E-state index contributed by atoms with van der Waals surface area (Å²) >= 11 is 0. The van der Waals surface area contributed by atoms with Gasteiger partial charge in [0.1, 0.15) is 17.7 Å². The highest BCUT2D eigenvalue weighted by molar-refractivity contribution is 5.76. The zero-order chi connectivity index (χ0) is 16.9. The van der Waals surface area contributed by atoms with Gasteiger partial charge >= 0.3 is 0 Å². The van der Waals surface area contributed by atoms with Gasteiger partial charge in [-0.15, -0.1) is 0 Å². The van der Waals surface area contributed by atoms with Crippen LogP contribution in [-0.2, 0) is 4.79 Å². The van der Waals surface area contributed by atoms with Gasteiger partial charge < -0.3 is 14.5 Å². The molecule has 0 spiro atoms. The fraction of sp³-hybridized carbons (Fsp3) is 0.611. The first kappa shape index (κ1) is 17.2. The molecule has 132 valence electrons. The van der Waals surface area contributed by atoms with E-state index in [4.69, 9.17) is 4.74 Å². The number of likely N-dealkylation sites (N-methyl/N-ethyl adjacent to an activating group) is 1. The van der Waals surface area contributed by atoms with Crippen LogP contribution in [0.1, 0.15) is 12.8 Å². The van der Waals surface area contributed by atoms with Crippen molar-refractivity contribution in [1.29, 1.82) is 0 Å². The normalized spacial score (nSPS) is 22.8. The summed E-state index contributed by atoms with van der Waals surface area (Å²) in [6.45, 7) is 6.08. The summed E-state index contributed by atoms with van der Waals surface area (Å²) in [6, 6.07) is 6.27. The van der Waals surface area contributed by atoms with E-state index in [0.29, 0.717) is 12.2 Å². The molecule has 2 heterocycles. The molecule has 0 saturated carbocycles. The molecule has 2 aliphatic heterocycles. The molecule has 2 aliphatic rings. The highest BCUT2D eigenvalue weighted by Crippen LogP contribution is 2.19. The lowest BCUT2D eigenvalue weighted by Crippen LogP contribution is -2.47. The summed E-state index contributed by atoms with van der Waals surface area (Å²) in [7, 11) is 2.09. The van der Waals surface area contributed by atoms with Crippen molar-refractivity contribution < 1.29 is 13.9 Å². The van der Waals surface area contributed by atoms with Crippen LogP contribution in [0.25, 0.3) is 0 Å². The smallest absolute Gasteiger partial charge is 0.223 e. The van der Waals surface area contributed by atoms with Crippen molar-refractivity contribution in [3.63, 3.8) is 0 Å². The van der Waals surface area contributed by atoms with Crippen molar-refractivity contribution in [2.45, 2.75) is 18.9 Å². The quantitative estimate of drug-likeness (QED) is 0.816. The lowest BCUT2D eigenvalue weighted by Gasteiger charge is -2.32. The number of rotatable bonds is 5. The minimum Gasteiger partial charge on any atom is -0.489 e. The standard InChI is InChI=1S/C18H26FN3O2/c1-20-9-11-22(12-10-20)18(23)6-8-21-7-5-17(14-21)24-16-4-2-3-15(19)13-16/h2-4,13,17H,5-12,14H2,1H3/t17-/m1/s1. The minimum absolute atomic E-state index is 0.0746. The van der Waals surface area contributed by atoms with E-state index in [2.05, 4.69) is 16.8 Å². The number of carbonyl (C=O) groups is 1. The molecule has 6 heteroatoms. The fourth-order valence-corrected chi connectivity index (χ4v) is 3.30. The Morgan fingerprint density at radius 1 is 1.25 bits per heavy atom. The molecule has 0 aromatic heterocycles. The lowest BCUT2D eigenvalue weighted by molar-refractivity contribution is -0.133. The number of hydrogen-bond donors (Lipinski definition) is 0. The van der Waals surface area contributed by atoms with Crippen LogP contribution >= 0.6 is 0 Å². The van der Waals surface area contributed by atoms with Gasteiger partial charge in [0.2, 0.25) is 5.91 Å². The average molecular weight is 335 g/mol. The van der Waals surface area contributed by atoms with Gasteiger partial charge in [0, 0.05) is 58.3 Å². The van der Waals surface area contributed by atoms with Crippen LogP contribution in [0, 0.1) is 5.82 Å². The maximum absolute atomic E-state index is 13.2. The summed E-state index contributed by atoms with van der Waals surface area (Å²) in [6.07, 6.45) is 1.56. The predicted octanol–water partition coefficient (Wildman–Crippen LogP) is 1.44. The molecule has 1 amide bonds. The molecule has 0 N–H and O–H groups in total. The van der Waals surface area contributed by atoms with Crippen molar-refractivity contribution in [3.05, 3.63) is 30.1 Å². The molecule has 24 heavy (non-hydrogen) atoms. The highest BCUT2D eigenvalue weighted by Gasteiger charge is 2.25. The van der Waals surface area contributed by atoms with Crippen LogP contribution in [0.15, 0.2) is 24.3 Å². The van der Waals surface area contributed by atoms with Crippen molar-refractivity contribution >= 4 is 5.91 Å². The molecule has 1 atom stereocenters. The van der Waals surface area contributed by atoms with E-state index in [9.17, 15) is 9.18 Å². The Hall–Kier alpha value is -1.66. The number of nitrogens with zero attached hydrogens (tertiary/aromatic N) is 3.